The van der Waals surface area contributed by atoms with E-state index in [0.29, 0.717) is 18.9 Å². The van der Waals surface area contributed by atoms with Crippen LogP contribution >= 0.6 is 11.6 Å². The first kappa shape index (κ1) is 21.3. The Labute approximate surface area is 173 Å². The number of nitrogens with zero attached hydrogens (tertiary/aromatic N) is 1. The van der Waals surface area contributed by atoms with Crippen LogP contribution in [-0.2, 0) is 24.3 Å². The molecule has 0 radical (unpaired) electrons. The standard InChI is InChI=1S/C19H20ClN3O5S/c1-13-3-2-4-14(11-13)21-18(24)19(25)22-17-12-15(5-6-16(17)20)29(26,27)23-7-9-28-10-8-23/h2-6,11-12H,7-10H2,1H3,(H,21,24)(H,22,25). The Bertz CT molecular complexity index is 1040. The second-order valence-corrected chi connectivity index (χ2v) is 8.78. The van der Waals surface area contributed by atoms with E-state index in [1.54, 1.807) is 18.2 Å². The monoisotopic (exact) mass is 437 g/mol. The van der Waals surface area contributed by atoms with Gasteiger partial charge in [0.05, 0.1) is 28.8 Å². The van der Waals surface area contributed by atoms with Crippen LogP contribution in [0, 0.1) is 6.92 Å². The van der Waals surface area contributed by atoms with E-state index in [-0.39, 0.29) is 28.7 Å². The molecule has 2 N–H and O–H groups in total. The molecule has 0 atom stereocenters. The van der Waals surface area contributed by atoms with Gasteiger partial charge in [-0.15, -0.1) is 0 Å². The summed E-state index contributed by atoms with van der Waals surface area (Å²) in [5, 5.41) is 4.97. The van der Waals surface area contributed by atoms with E-state index in [1.165, 1.54) is 22.5 Å². The van der Waals surface area contributed by atoms with Crippen LogP contribution < -0.4 is 10.6 Å². The van der Waals surface area contributed by atoms with Crippen LogP contribution in [0.5, 0.6) is 0 Å². The Balaban J connectivity index is 1.75. The number of sulfonamides is 1. The van der Waals surface area contributed by atoms with Gasteiger partial charge in [0.25, 0.3) is 0 Å². The molecule has 0 aliphatic carbocycles. The van der Waals surface area contributed by atoms with E-state index in [4.69, 9.17) is 16.3 Å². The fourth-order valence-corrected chi connectivity index (χ4v) is 4.39. The zero-order valence-electron chi connectivity index (χ0n) is 15.6. The SMILES string of the molecule is Cc1cccc(NC(=O)C(=O)Nc2cc(S(=O)(=O)N3CCOCC3)ccc2Cl)c1. The summed E-state index contributed by atoms with van der Waals surface area (Å²) >= 11 is 6.09. The van der Waals surface area contributed by atoms with Crippen molar-refractivity contribution in [3.8, 4) is 0 Å². The molecule has 2 aromatic carbocycles. The first-order valence-corrected chi connectivity index (χ1v) is 10.7. The maximum Gasteiger partial charge on any atom is 0.314 e. The Kier molecular flexibility index (Phi) is 6.53. The minimum atomic E-state index is -3.77. The predicted octanol–water partition coefficient (Wildman–Crippen LogP) is 2.25. The largest absolute Gasteiger partial charge is 0.379 e. The van der Waals surface area contributed by atoms with Gasteiger partial charge in [0.1, 0.15) is 0 Å². The molecule has 8 nitrogen and oxygen atoms in total. The Morgan fingerprint density at radius 3 is 2.41 bits per heavy atom. The van der Waals surface area contributed by atoms with Gasteiger partial charge in [-0.25, -0.2) is 8.42 Å². The number of ether oxygens (including phenoxy) is 1. The predicted molar refractivity (Wildman–Crippen MR) is 109 cm³/mol. The van der Waals surface area contributed by atoms with Crippen LogP contribution in [0.4, 0.5) is 11.4 Å². The van der Waals surface area contributed by atoms with Crippen molar-refractivity contribution in [1.82, 2.24) is 4.31 Å². The highest BCUT2D eigenvalue weighted by atomic mass is 35.5. The molecule has 1 saturated heterocycles. The number of halogens is 1. The van der Waals surface area contributed by atoms with Gasteiger partial charge in [0.15, 0.2) is 0 Å². The minimum absolute atomic E-state index is 0.0295. The molecule has 2 amide bonds. The molecule has 1 fully saturated rings. The smallest absolute Gasteiger partial charge is 0.314 e. The van der Waals surface area contributed by atoms with Gasteiger partial charge in [-0.1, -0.05) is 23.7 Å². The average molecular weight is 438 g/mol. The first-order chi connectivity index (χ1) is 13.8. The second-order valence-electron chi connectivity index (χ2n) is 6.44. The first-order valence-electron chi connectivity index (χ1n) is 8.84. The van der Waals surface area contributed by atoms with Crippen LogP contribution in [0.1, 0.15) is 5.56 Å². The summed E-state index contributed by atoms with van der Waals surface area (Å²) in [6.07, 6.45) is 0. The van der Waals surface area contributed by atoms with Crippen molar-refractivity contribution in [3.05, 3.63) is 53.1 Å². The number of anilines is 2. The topological polar surface area (TPSA) is 105 Å². The molecule has 29 heavy (non-hydrogen) atoms. The van der Waals surface area contributed by atoms with Crippen molar-refractivity contribution < 1.29 is 22.7 Å². The van der Waals surface area contributed by atoms with Crippen LogP contribution in [0.2, 0.25) is 5.02 Å². The molecule has 0 aromatic heterocycles. The molecule has 0 spiro atoms. The quantitative estimate of drug-likeness (QED) is 0.714. The van der Waals surface area contributed by atoms with Crippen molar-refractivity contribution in [2.75, 3.05) is 36.9 Å². The fourth-order valence-electron chi connectivity index (χ4n) is 2.79. The summed E-state index contributed by atoms with van der Waals surface area (Å²) in [6.45, 7) is 2.97. The van der Waals surface area contributed by atoms with Crippen molar-refractivity contribution in [3.63, 3.8) is 0 Å². The number of amides is 2. The molecule has 1 aliphatic heterocycles. The maximum atomic E-state index is 12.8. The third-order valence-electron chi connectivity index (χ3n) is 4.28. The van der Waals surface area contributed by atoms with Crippen LogP contribution in [-0.4, -0.2) is 50.8 Å². The molecule has 3 rings (SSSR count). The average Bonchev–Trinajstić information content (AvgIpc) is 2.70. The number of aryl methyl sites for hydroxylation is 1. The van der Waals surface area contributed by atoms with Crippen LogP contribution in [0.25, 0.3) is 0 Å². The normalized spacial score (nSPS) is 15.0. The number of rotatable bonds is 4. The highest BCUT2D eigenvalue weighted by Gasteiger charge is 2.27. The number of morpholine rings is 1. The summed E-state index contributed by atoms with van der Waals surface area (Å²) in [7, 11) is -3.77. The zero-order valence-corrected chi connectivity index (χ0v) is 17.2. The molecular weight excluding hydrogens is 418 g/mol. The molecule has 1 aliphatic rings. The van der Waals surface area contributed by atoms with Crippen molar-refractivity contribution in [1.29, 1.82) is 0 Å². The number of carbonyl (C=O) groups is 2. The molecule has 0 saturated carbocycles. The lowest BCUT2D eigenvalue weighted by Gasteiger charge is -2.26. The van der Waals surface area contributed by atoms with Crippen LogP contribution in [0.15, 0.2) is 47.4 Å². The van der Waals surface area contributed by atoms with E-state index >= 15 is 0 Å². The number of hydrogen-bond acceptors (Lipinski definition) is 5. The van der Waals surface area contributed by atoms with Gasteiger partial charge in [-0.2, -0.15) is 4.31 Å². The van der Waals surface area contributed by atoms with E-state index in [1.807, 2.05) is 13.0 Å². The van der Waals surface area contributed by atoms with E-state index in [0.717, 1.165) is 5.56 Å². The Morgan fingerprint density at radius 1 is 1.03 bits per heavy atom. The maximum absolute atomic E-state index is 12.8. The lowest BCUT2D eigenvalue weighted by Crippen LogP contribution is -2.40. The minimum Gasteiger partial charge on any atom is -0.379 e. The summed E-state index contributed by atoms with van der Waals surface area (Å²) in [6, 6.07) is 10.9. The van der Waals surface area contributed by atoms with Gasteiger partial charge in [-0.05, 0) is 42.8 Å². The van der Waals surface area contributed by atoms with Crippen LogP contribution in [0.3, 0.4) is 0 Å². The van der Waals surface area contributed by atoms with Crippen molar-refractivity contribution in [2.45, 2.75) is 11.8 Å². The third-order valence-corrected chi connectivity index (χ3v) is 6.50. The molecule has 1 heterocycles. The third kappa shape index (κ3) is 5.13. The molecule has 154 valence electrons. The fraction of sp³-hybridized carbons (Fsp3) is 0.263. The molecule has 0 bridgehead atoms. The number of carbonyl (C=O) groups excluding carboxylic acids is 2. The summed E-state index contributed by atoms with van der Waals surface area (Å²) in [4.78, 5) is 24.4. The summed E-state index contributed by atoms with van der Waals surface area (Å²) in [5.41, 5.74) is 1.43. The lowest BCUT2D eigenvalue weighted by atomic mass is 10.2. The summed E-state index contributed by atoms with van der Waals surface area (Å²) in [5.74, 6) is -1.86. The Morgan fingerprint density at radius 2 is 1.72 bits per heavy atom. The lowest BCUT2D eigenvalue weighted by molar-refractivity contribution is -0.132. The van der Waals surface area contributed by atoms with Crippen molar-refractivity contribution in [2.24, 2.45) is 0 Å². The molecule has 0 unspecified atom stereocenters. The number of hydrogen-bond donors (Lipinski definition) is 2. The van der Waals surface area contributed by atoms with E-state index < -0.39 is 21.8 Å². The summed E-state index contributed by atoms with van der Waals surface area (Å²) < 4.78 is 32.0. The van der Waals surface area contributed by atoms with E-state index in [9.17, 15) is 18.0 Å². The van der Waals surface area contributed by atoms with Crippen molar-refractivity contribution >= 4 is 44.8 Å². The van der Waals surface area contributed by atoms with Gasteiger partial charge in [0, 0.05) is 18.8 Å². The molecule has 2 aromatic rings. The highest BCUT2D eigenvalue weighted by Crippen LogP contribution is 2.27. The second kappa shape index (κ2) is 8.91. The van der Waals surface area contributed by atoms with Gasteiger partial charge in [0.2, 0.25) is 10.0 Å². The van der Waals surface area contributed by atoms with Gasteiger partial charge in [-0.3, -0.25) is 9.59 Å². The van der Waals surface area contributed by atoms with E-state index in [2.05, 4.69) is 10.6 Å². The van der Waals surface area contributed by atoms with Gasteiger partial charge < -0.3 is 15.4 Å². The Hall–Kier alpha value is -2.46. The van der Waals surface area contributed by atoms with Gasteiger partial charge >= 0.3 is 11.8 Å². The molecular formula is C19H20ClN3O5S. The zero-order chi connectivity index (χ0) is 21.0. The highest BCUT2D eigenvalue weighted by molar-refractivity contribution is 7.89. The molecule has 10 heteroatoms. The number of nitrogens with one attached hydrogen (secondary N) is 2. The number of benzene rings is 2.